The summed E-state index contributed by atoms with van der Waals surface area (Å²) in [7, 11) is 3.11. The molecule has 0 aliphatic carbocycles. The molecule has 1 aromatic heterocycles. The van der Waals surface area contributed by atoms with Crippen molar-refractivity contribution in [3.05, 3.63) is 23.8 Å². The number of fused-ring (bicyclic) bond motifs is 1. The highest BCUT2D eigenvalue weighted by atomic mass is 16.5. The second-order valence-corrected chi connectivity index (χ2v) is 4.39. The van der Waals surface area contributed by atoms with Gasteiger partial charge in [-0.2, -0.15) is 0 Å². The topological polar surface area (TPSA) is 66.9 Å². The summed E-state index contributed by atoms with van der Waals surface area (Å²) in [5.41, 5.74) is 0.942. The molecular formula is C16H19NO5. The average Bonchev–Trinajstić information content (AvgIpc) is 2.53. The zero-order valence-electron chi connectivity index (χ0n) is 13.1. The van der Waals surface area contributed by atoms with Crippen molar-refractivity contribution < 1.29 is 23.7 Å². The van der Waals surface area contributed by atoms with E-state index in [0.717, 1.165) is 5.39 Å². The first kappa shape index (κ1) is 15.9. The Balaban J connectivity index is 2.63. The molecule has 0 saturated heterocycles. The zero-order valence-corrected chi connectivity index (χ0v) is 13.1. The van der Waals surface area contributed by atoms with Gasteiger partial charge in [-0.25, -0.2) is 9.78 Å². The molecule has 6 nitrogen and oxygen atoms in total. The maximum absolute atomic E-state index is 12.1. The van der Waals surface area contributed by atoms with Gasteiger partial charge in [0.25, 0.3) is 0 Å². The second kappa shape index (κ2) is 6.98. The van der Waals surface area contributed by atoms with Crippen molar-refractivity contribution in [2.45, 2.75) is 13.8 Å². The summed E-state index contributed by atoms with van der Waals surface area (Å²) < 4.78 is 21.0. The van der Waals surface area contributed by atoms with Crippen LogP contribution in [-0.4, -0.2) is 38.4 Å². The van der Waals surface area contributed by atoms with Crippen LogP contribution in [-0.2, 0) is 4.74 Å². The number of rotatable bonds is 6. The van der Waals surface area contributed by atoms with Gasteiger partial charge in [0.15, 0.2) is 11.5 Å². The fraction of sp³-hybridized carbons (Fsp3) is 0.375. The van der Waals surface area contributed by atoms with Gasteiger partial charge in [0.2, 0.25) is 5.88 Å². The van der Waals surface area contributed by atoms with E-state index in [1.54, 1.807) is 39.3 Å². The van der Waals surface area contributed by atoms with Crippen molar-refractivity contribution in [3.63, 3.8) is 0 Å². The van der Waals surface area contributed by atoms with E-state index in [4.69, 9.17) is 18.9 Å². The molecule has 0 amide bonds. The second-order valence-electron chi connectivity index (χ2n) is 4.39. The van der Waals surface area contributed by atoms with Crippen LogP contribution in [0.15, 0.2) is 18.2 Å². The number of nitrogens with zero attached hydrogens (tertiary/aromatic N) is 1. The molecule has 2 rings (SSSR count). The van der Waals surface area contributed by atoms with E-state index in [1.165, 1.54) is 0 Å². The van der Waals surface area contributed by atoms with Gasteiger partial charge in [0.05, 0.1) is 33.0 Å². The minimum absolute atomic E-state index is 0.251. The number of hydrogen-bond acceptors (Lipinski definition) is 6. The van der Waals surface area contributed by atoms with Crippen LogP contribution >= 0.6 is 0 Å². The van der Waals surface area contributed by atoms with E-state index in [1.807, 2.05) is 6.92 Å². The first-order valence-electron chi connectivity index (χ1n) is 7.01. The van der Waals surface area contributed by atoms with E-state index in [-0.39, 0.29) is 12.5 Å². The lowest BCUT2D eigenvalue weighted by molar-refractivity contribution is 0.0521. The number of methoxy groups -OCH3 is 2. The summed E-state index contributed by atoms with van der Waals surface area (Å²) in [6.07, 6.45) is 0. The molecule has 0 N–H and O–H groups in total. The van der Waals surface area contributed by atoms with Crippen molar-refractivity contribution >= 4 is 16.9 Å². The molecule has 0 aliphatic heterocycles. The quantitative estimate of drug-likeness (QED) is 0.765. The Bertz CT molecular complexity index is 684. The summed E-state index contributed by atoms with van der Waals surface area (Å²) in [5, 5.41) is 0.740. The van der Waals surface area contributed by atoms with Gasteiger partial charge in [-0.1, -0.05) is 0 Å². The fourth-order valence-electron chi connectivity index (χ4n) is 2.09. The standard InChI is InChI=1S/C16H19NO5/c1-5-21-15-11(16(18)22-6-2)7-10-8-13(19-3)14(20-4)9-12(10)17-15/h7-9H,5-6H2,1-4H3. The zero-order chi connectivity index (χ0) is 16.1. The fourth-order valence-corrected chi connectivity index (χ4v) is 2.09. The van der Waals surface area contributed by atoms with E-state index in [0.29, 0.717) is 29.2 Å². The number of hydrogen-bond donors (Lipinski definition) is 0. The number of aromatic nitrogens is 1. The monoisotopic (exact) mass is 305 g/mol. The van der Waals surface area contributed by atoms with Gasteiger partial charge < -0.3 is 18.9 Å². The lowest BCUT2D eigenvalue weighted by Crippen LogP contribution is -2.09. The first-order chi connectivity index (χ1) is 10.6. The smallest absolute Gasteiger partial charge is 0.343 e. The van der Waals surface area contributed by atoms with Crippen LogP contribution in [0.1, 0.15) is 24.2 Å². The Kier molecular flexibility index (Phi) is 5.04. The molecule has 0 saturated carbocycles. The highest BCUT2D eigenvalue weighted by Gasteiger charge is 2.18. The maximum atomic E-state index is 12.1. The largest absolute Gasteiger partial charge is 0.493 e. The van der Waals surface area contributed by atoms with Gasteiger partial charge in [-0.15, -0.1) is 0 Å². The van der Waals surface area contributed by atoms with Crippen molar-refractivity contribution in [2.75, 3.05) is 27.4 Å². The molecular weight excluding hydrogens is 286 g/mol. The SMILES string of the molecule is CCOC(=O)c1cc2cc(OC)c(OC)cc2nc1OCC. The van der Waals surface area contributed by atoms with Crippen molar-refractivity contribution in [1.29, 1.82) is 0 Å². The molecule has 0 aliphatic rings. The normalized spacial score (nSPS) is 10.4. The highest BCUT2D eigenvalue weighted by Crippen LogP contribution is 2.33. The number of pyridine rings is 1. The molecule has 6 heteroatoms. The molecule has 2 aromatic rings. The first-order valence-corrected chi connectivity index (χ1v) is 7.01. The minimum Gasteiger partial charge on any atom is -0.493 e. The number of carbonyl (C=O) groups excluding carboxylic acids is 1. The van der Waals surface area contributed by atoms with Crippen LogP contribution in [0.3, 0.4) is 0 Å². The molecule has 1 heterocycles. The summed E-state index contributed by atoms with van der Waals surface area (Å²) in [6, 6.07) is 5.19. The predicted molar refractivity (Wildman–Crippen MR) is 82.0 cm³/mol. The molecule has 22 heavy (non-hydrogen) atoms. The van der Waals surface area contributed by atoms with Crippen molar-refractivity contribution in [3.8, 4) is 17.4 Å². The Labute approximate surface area is 129 Å². The molecule has 0 spiro atoms. The van der Waals surface area contributed by atoms with Crippen LogP contribution < -0.4 is 14.2 Å². The van der Waals surface area contributed by atoms with Crippen LogP contribution in [0.5, 0.6) is 17.4 Å². The molecule has 0 fully saturated rings. The van der Waals surface area contributed by atoms with Gasteiger partial charge in [0, 0.05) is 11.5 Å². The average molecular weight is 305 g/mol. The molecule has 0 unspecified atom stereocenters. The van der Waals surface area contributed by atoms with Gasteiger partial charge in [0.1, 0.15) is 5.56 Å². The van der Waals surface area contributed by atoms with E-state index in [2.05, 4.69) is 4.98 Å². The number of benzene rings is 1. The molecule has 0 radical (unpaired) electrons. The van der Waals surface area contributed by atoms with E-state index >= 15 is 0 Å². The lowest BCUT2D eigenvalue weighted by atomic mass is 10.1. The molecule has 1 aromatic carbocycles. The van der Waals surface area contributed by atoms with Gasteiger partial charge in [-0.3, -0.25) is 0 Å². The highest BCUT2D eigenvalue weighted by molar-refractivity contribution is 5.97. The van der Waals surface area contributed by atoms with Crippen molar-refractivity contribution in [2.24, 2.45) is 0 Å². The van der Waals surface area contributed by atoms with Crippen LogP contribution in [0.2, 0.25) is 0 Å². The molecule has 0 bridgehead atoms. The van der Waals surface area contributed by atoms with Crippen LogP contribution in [0, 0.1) is 0 Å². The van der Waals surface area contributed by atoms with Crippen molar-refractivity contribution in [1.82, 2.24) is 4.98 Å². The molecule has 0 atom stereocenters. The Hall–Kier alpha value is -2.50. The Morgan fingerprint density at radius 1 is 1.05 bits per heavy atom. The summed E-state index contributed by atoms with van der Waals surface area (Å²) in [4.78, 5) is 16.5. The number of esters is 1. The lowest BCUT2D eigenvalue weighted by Gasteiger charge is -2.12. The third-order valence-corrected chi connectivity index (χ3v) is 3.06. The third-order valence-electron chi connectivity index (χ3n) is 3.06. The summed E-state index contributed by atoms with van der Waals surface area (Å²) >= 11 is 0. The number of carbonyl (C=O) groups is 1. The summed E-state index contributed by atoms with van der Waals surface area (Å²) in [6.45, 7) is 4.27. The molecule has 118 valence electrons. The van der Waals surface area contributed by atoms with Crippen LogP contribution in [0.25, 0.3) is 10.9 Å². The van der Waals surface area contributed by atoms with Crippen LogP contribution in [0.4, 0.5) is 0 Å². The predicted octanol–water partition coefficient (Wildman–Crippen LogP) is 2.83. The summed E-state index contributed by atoms with van der Waals surface area (Å²) in [5.74, 6) is 0.917. The Morgan fingerprint density at radius 3 is 2.32 bits per heavy atom. The minimum atomic E-state index is -0.463. The van der Waals surface area contributed by atoms with Gasteiger partial charge >= 0.3 is 5.97 Å². The third kappa shape index (κ3) is 3.05. The maximum Gasteiger partial charge on any atom is 0.343 e. The van der Waals surface area contributed by atoms with E-state index in [9.17, 15) is 4.79 Å². The number of ether oxygens (including phenoxy) is 4. The van der Waals surface area contributed by atoms with Gasteiger partial charge in [-0.05, 0) is 26.0 Å². The Morgan fingerprint density at radius 2 is 1.73 bits per heavy atom. The van der Waals surface area contributed by atoms with E-state index < -0.39 is 5.97 Å².